The zero-order chi connectivity index (χ0) is 18.7. The molecule has 1 aliphatic rings. The Morgan fingerprint density at radius 3 is 2.58 bits per heavy atom. The lowest BCUT2D eigenvalue weighted by atomic mass is 10.1. The number of benzene rings is 2. The SMILES string of the molecule is CC(=O)c1cccc(NC(=O)CN(C2CC2)C(C)c2ccccc2Cl)c1. The van der Waals surface area contributed by atoms with Gasteiger partial charge >= 0.3 is 0 Å². The molecule has 0 saturated heterocycles. The van der Waals surface area contributed by atoms with Crippen LogP contribution in [0.15, 0.2) is 48.5 Å². The Balaban J connectivity index is 1.70. The predicted octanol–water partition coefficient (Wildman–Crippen LogP) is 4.71. The van der Waals surface area contributed by atoms with Crippen LogP contribution < -0.4 is 5.32 Å². The molecule has 0 bridgehead atoms. The number of Topliss-reactive ketones (excluding diaryl/α,β-unsaturated/α-hetero) is 1. The van der Waals surface area contributed by atoms with Crippen molar-refractivity contribution < 1.29 is 9.59 Å². The summed E-state index contributed by atoms with van der Waals surface area (Å²) in [5.74, 6) is -0.107. The van der Waals surface area contributed by atoms with E-state index < -0.39 is 0 Å². The summed E-state index contributed by atoms with van der Waals surface area (Å²) in [5, 5.41) is 3.63. The van der Waals surface area contributed by atoms with Gasteiger partial charge in [0.2, 0.25) is 5.91 Å². The number of anilines is 1. The molecule has 1 saturated carbocycles. The highest BCUT2D eigenvalue weighted by Gasteiger charge is 2.34. The average Bonchev–Trinajstić information content (AvgIpc) is 3.44. The number of rotatable bonds is 7. The normalized spacial score (nSPS) is 14.9. The molecule has 1 N–H and O–H groups in total. The van der Waals surface area contributed by atoms with Gasteiger partial charge in [-0.25, -0.2) is 0 Å². The first-order valence-electron chi connectivity index (χ1n) is 8.86. The molecule has 26 heavy (non-hydrogen) atoms. The first kappa shape index (κ1) is 18.6. The lowest BCUT2D eigenvalue weighted by Crippen LogP contribution is -2.37. The van der Waals surface area contributed by atoms with Crippen LogP contribution in [0.2, 0.25) is 5.02 Å². The van der Waals surface area contributed by atoms with Gasteiger partial charge < -0.3 is 5.32 Å². The summed E-state index contributed by atoms with van der Waals surface area (Å²) in [5.41, 5.74) is 2.27. The number of carbonyl (C=O) groups is 2. The van der Waals surface area contributed by atoms with E-state index in [1.807, 2.05) is 24.3 Å². The fourth-order valence-corrected chi connectivity index (χ4v) is 3.46. The van der Waals surface area contributed by atoms with Gasteiger partial charge in [0.25, 0.3) is 0 Å². The summed E-state index contributed by atoms with van der Waals surface area (Å²) in [4.78, 5) is 26.3. The van der Waals surface area contributed by atoms with Gasteiger partial charge in [-0.1, -0.05) is 41.9 Å². The smallest absolute Gasteiger partial charge is 0.238 e. The van der Waals surface area contributed by atoms with Crippen LogP contribution >= 0.6 is 11.6 Å². The van der Waals surface area contributed by atoms with E-state index in [1.54, 1.807) is 24.3 Å². The fourth-order valence-electron chi connectivity index (χ4n) is 3.16. The molecular weight excluding hydrogens is 348 g/mol. The molecule has 2 aromatic rings. The first-order valence-corrected chi connectivity index (χ1v) is 9.24. The van der Waals surface area contributed by atoms with Crippen LogP contribution in [0.1, 0.15) is 48.7 Å². The van der Waals surface area contributed by atoms with E-state index in [0.717, 1.165) is 23.4 Å². The number of ketones is 1. The zero-order valence-corrected chi connectivity index (χ0v) is 15.8. The molecule has 0 radical (unpaired) electrons. The molecule has 3 rings (SSSR count). The minimum absolute atomic E-state index is 0.0203. The number of carbonyl (C=O) groups excluding carboxylic acids is 2. The van der Waals surface area contributed by atoms with E-state index >= 15 is 0 Å². The summed E-state index contributed by atoms with van der Waals surface area (Å²) in [6.45, 7) is 3.89. The third kappa shape index (κ3) is 4.51. The average molecular weight is 371 g/mol. The minimum atomic E-state index is -0.0866. The van der Waals surface area contributed by atoms with Gasteiger partial charge in [0.15, 0.2) is 5.78 Å². The van der Waals surface area contributed by atoms with Crippen LogP contribution in [0.4, 0.5) is 5.69 Å². The summed E-state index contributed by atoms with van der Waals surface area (Å²) >= 11 is 6.34. The van der Waals surface area contributed by atoms with Gasteiger partial charge in [-0.2, -0.15) is 0 Å². The van der Waals surface area contributed by atoms with Gasteiger partial charge in [-0.15, -0.1) is 0 Å². The molecule has 5 heteroatoms. The van der Waals surface area contributed by atoms with Crippen LogP contribution in [0, 0.1) is 0 Å². The van der Waals surface area contributed by atoms with Crippen molar-refractivity contribution in [3.05, 3.63) is 64.7 Å². The zero-order valence-electron chi connectivity index (χ0n) is 15.0. The Labute approximate surface area is 159 Å². The van der Waals surface area contributed by atoms with Crippen LogP contribution in [0.5, 0.6) is 0 Å². The van der Waals surface area contributed by atoms with Crippen LogP contribution in [0.25, 0.3) is 0 Å². The van der Waals surface area contributed by atoms with Gasteiger partial charge in [-0.3, -0.25) is 14.5 Å². The number of hydrogen-bond acceptors (Lipinski definition) is 3. The molecule has 0 spiro atoms. The highest BCUT2D eigenvalue weighted by Crippen LogP contribution is 2.36. The number of halogens is 1. The fraction of sp³-hybridized carbons (Fsp3) is 0.333. The number of hydrogen-bond donors (Lipinski definition) is 1. The Morgan fingerprint density at radius 2 is 1.92 bits per heavy atom. The monoisotopic (exact) mass is 370 g/mol. The first-order chi connectivity index (χ1) is 12.5. The maximum absolute atomic E-state index is 12.6. The molecule has 136 valence electrons. The van der Waals surface area contributed by atoms with E-state index in [0.29, 0.717) is 23.8 Å². The Hall–Kier alpha value is -2.17. The van der Waals surface area contributed by atoms with Crippen LogP contribution in [-0.2, 0) is 4.79 Å². The number of amides is 1. The van der Waals surface area contributed by atoms with E-state index in [-0.39, 0.29) is 17.7 Å². The van der Waals surface area contributed by atoms with Crippen molar-refractivity contribution in [3.63, 3.8) is 0 Å². The molecule has 1 atom stereocenters. The van der Waals surface area contributed by atoms with Crippen molar-refractivity contribution in [1.29, 1.82) is 0 Å². The maximum atomic E-state index is 12.6. The largest absolute Gasteiger partial charge is 0.325 e. The highest BCUT2D eigenvalue weighted by atomic mass is 35.5. The molecule has 1 amide bonds. The van der Waals surface area contributed by atoms with E-state index in [1.165, 1.54) is 6.92 Å². The highest BCUT2D eigenvalue weighted by molar-refractivity contribution is 6.31. The minimum Gasteiger partial charge on any atom is -0.325 e. The molecular formula is C21H23ClN2O2. The van der Waals surface area contributed by atoms with Crippen molar-refractivity contribution in [2.45, 2.75) is 38.8 Å². The Morgan fingerprint density at radius 1 is 1.19 bits per heavy atom. The van der Waals surface area contributed by atoms with Crippen molar-refractivity contribution in [3.8, 4) is 0 Å². The van der Waals surface area contributed by atoms with E-state index in [2.05, 4.69) is 17.1 Å². The Bertz CT molecular complexity index is 817. The molecule has 0 heterocycles. The van der Waals surface area contributed by atoms with Crippen LogP contribution in [-0.4, -0.2) is 29.2 Å². The second-order valence-corrected chi connectivity index (χ2v) is 7.19. The summed E-state index contributed by atoms with van der Waals surface area (Å²) in [6, 6.07) is 15.3. The van der Waals surface area contributed by atoms with Crippen molar-refractivity contribution >= 4 is 29.0 Å². The second-order valence-electron chi connectivity index (χ2n) is 6.79. The summed E-state index contributed by atoms with van der Waals surface area (Å²) in [7, 11) is 0. The topological polar surface area (TPSA) is 49.4 Å². The quantitative estimate of drug-likeness (QED) is 0.718. The second kappa shape index (κ2) is 8.02. The lowest BCUT2D eigenvalue weighted by Gasteiger charge is -2.29. The summed E-state index contributed by atoms with van der Waals surface area (Å²) in [6.07, 6.45) is 2.20. The standard InChI is InChI=1S/C21H23ClN2O2/c1-14(19-8-3-4-9-20(19)22)24(18-10-11-18)13-21(26)23-17-7-5-6-16(12-17)15(2)25/h3-9,12,14,18H,10-11,13H2,1-2H3,(H,23,26). The van der Waals surface area contributed by atoms with E-state index in [9.17, 15) is 9.59 Å². The maximum Gasteiger partial charge on any atom is 0.238 e. The Kier molecular flexibility index (Phi) is 5.74. The van der Waals surface area contributed by atoms with Crippen molar-refractivity contribution in [2.75, 3.05) is 11.9 Å². The number of nitrogens with zero attached hydrogens (tertiary/aromatic N) is 1. The van der Waals surface area contributed by atoms with Crippen molar-refractivity contribution in [2.24, 2.45) is 0 Å². The molecule has 1 aliphatic carbocycles. The molecule has 1 fully saturated rings. The van der Waals surface area contributed by atoms with Crippen LogP contribution in [0.3, 0.4) is 0 Å². The third-order valence-corrected chi connectivity index (χ3v) is 5.09. The van der Waals surface area contributed by atoms with Gasteiger partial charge in [0.05, 0.1) is 6.54 Å². The third-order valence-electron chi connectivity index (χ3n) is 4.75. The molecule has 4 nitrogen and oxygen atoms in total. The molecule has 1 unspecified atom stereocenters. The van der Waals surface area contributed by atoms with Gasteiger partial charge in [0, 0.05) is 28.4 Å². The predicted molar refractivity (Wildman–Crippen MR) is 105 cm³/mol. The molecule has 0 aliphatic heterocycles. The lowest BCUT2D eigenvalue weighted by molar-refractivity contribution is -0.118. The summed E-state index contributed by atoms with van der Waals surface area (Å²) < 4.78 is 0. The molecule has 2 aromatic carbocycles. The van der Waals surface area contributed by atoms with E-state index in [4.69, 9.17) is 11.6 Å². The van der Waals surface area contributed by atoms with Gasteiger partial charge in [-0.05, 0) is 50.5 Å². The molecule has 0 aromatic heterocycles. The van der Waals surface area contributed by atoms with Crippen molar-refractivity contribution in [1.82, 2.24) is 4.90 Å². The van der Waals surface area contributed by atoms with Gasteiger partial charge in [0.1, 0.15) is 0 Å². The number of nitrogens with one attached hydrogen (secondary N) is 1.